The van der Waals surface area contributed by atoms with E-state index < -0.39 is 0 Å². The predicted octanol–water partition coefficient (Wildman–Crippen LogP) is 5.21. The number of nitriles is 1. The Morgan fingerprint density at radius 1 is 1.15 bits per heavy atom. The number of hydrogen-bond donors (Lipinski definition) is 0. The Hall–Kier alpha value is -2.13. The van der Waals surface area contributed by atoms with E-state index in [4.69, 9.17) is 23.2 Å². The smallest absolute Gasteiger partial charge is 0.229 e. The van der Waals surface area contributed by atoms with Gasteiger partial charge in [-0.25, -0.2) is 0 Å². The average molecular weight is 416 g/mol. The third-order valence-corrected chi connectivity index (χ3v) is 6.48. The van der Waals surface area contributed by atoms with Crippen LogP contribution in [0.15, 0.2) is 59.1 Å². The molecule has 4 nitrogen and oxygen atoms in total. The largest absolute Gasteiger partial charge is 0.344 e. The Morgan fingerprint density at radius 2 is 1.96 bits per heavy atom. The first-order chi connectivity index (χ1) is 13.1. The number of carbonyl (C=O) groups is 1. The van der Waals surface area contributed by atoms with Gasteiger partial charge in [0.25, 0.3) is 0 Å². The van der Waals surface area contributed by atoms with Crippen LogP contribution in [-0.2, 0) is 4.79 Å². The SMILES string of the molecule is N#CC1=C2SCN(c3cccc(Cl)c3)CN2C(=O)C[C@H]1c1ccccc1Cl. The number of benzene rings is 2. The lowest BCUT2D eigenvalue weighted by Gasteiger charge is -2.42. The molecule has 7 heteroatoms. The van der Waals surface area contributed by atoms with Crippen LogP contribution in [0, 0.1) is 11.3 Å². The lowest BCUT2D eigenvalue weighted by Crippen LogP contribution is -2.47. The molecule has 27 heavy (non-hydrogen) atoms. The van der Waals surface area contributed by atoms with E-state index in [-0.39, 0.29) is 18.2 Å². The summed E-state index contributed by atoms with van der Waals surface area (Å²) in [7, 11) is 0. The van der Waals surface area contributed by atoms with Gasteiger partial charge in [-0.3, -0.25) is 9.69 Å². The van der Waals surface area contributed by atoms with Crippen molar-refractivity contribution < 1.29 is 4.79 Å². The predicted molar refractivity (Wildman–Crippen MR) is 110 cm³/mol. The second-order valence-electron chi connectivity index (χ2n) is 6.37. The number of rotatable bonds is 2. The van der Waals surface area contributed by atoms with E-state index in [2.05, 4.69) is 11.0 Å². The third-order valence-electron chi connectivity index (χ3n) is 4.75. The molecule has 0 bridgehead atoms. The normalized spacial score (nSPS) is 19.7. The number of nitrogens with zero attached hydrogens (tertiary/aromatic N) is 3. The minimum atomic E-state index is -0.298. The Bertz CT molecular complexity index is 985. The standard InChI is InChI=1S/C20H15Cl2N3OS/c21-13-4-3-5-14(8-13)24-11-25-19(26)9-16(15-6-1-2-7-18(15)22)17(10-23)20(25)27-12-24/h1-8,16H,9,11-12H2/t16-/m0/s1. The summed E-state index contributed by atoms with van der Waals surface area (Å²) in [4.78, 5) is 16.7. The van der Waals surface area contributed by atoms with Crippen LogP contribution in [0.4, 0.5) is 5.69 Å². The number of anilines is 1. The molecule has 0 spiro atoms. The summed E-state index contributed by atoms with van der Waals surface area (Å²) in [6.45, 7) is 0.405. The number of carbonyl (C=O) groups excluding carboxylic acids is 1. The molecule has 2 heterocycles. The quantitative estimate of drug-likeness (QED) is 0.674. The maximum Gasteiger partial charge on any atom is 0.229 e. The zero-order valence-electron chi connectivity index (χ0n) is 14.2. The third kappa shape index (κ3) is 3.41. The van der Waals surface area contributed by atoms with Gasteiger partial charge in [-0.1, -0.05) is 59.2 Å². The molecule has 1 fully saturated rings. The van der Waals surface area contributed by atoms with Gasteiger partial charge in [0.15, 0.2) is 0 Å². The molecule has 136 valence electrons. The van der Waals surface area contributed by atoms with Crippen LogP contribution in [0.1, 0.15) is 17.9 Å². The van der Waals surface area contributed by atoms with E-state index in [1.165, 1.54) is 11.8 Å². The first-order valence-corrected chi connectivity index (χ1v) is 10.1. The van der Waals surface area contributed by atoms with Crippen molar-refractivity contribution in [3.05, 3.63) is 74.7 Å². The lowest BCUT2D eigenvalue weighted by molar-refractivity contribution is -0.129. The van der Waals surface area contributed by atoms with Crippen LogP contribution in [-0.4, -0.2) is 23.4 Å². The zero-order valence-corrected chi connectivity index (χ0v) is 16.6. The van der Waals surface area contributed by atoms with Crippen molar-refractivity contribution in [3.63, 3.8) is 0 Å². The highest BCUT2D eigenvalue weighted by Crippen LogP contribution is 2.44. The summed E-state index contributed by atoms with van der Waals surface area (Å²) >= 11 is 13.9. The summed E-state index contributed by atoms with van der Waals surface area (Å²) in [5.41, 5.74) is 2.39. The second kappa shape index (κ2) is 7.47. The maximum atomic E-state index is 12.9. The molecule has 2 aliphatic rings. The average Bonchev–Trinajstić information content (AvgIpc) is 2.68. The summed E-state index contributed by atoms with van der Waals surface area (Å²) < 4.78 is 0. The first kappa shape index (κ1) is 18.2. The van der Waals surface area contributed by atoms with E-state index >= 15 is 0 Å². The molecule has 0 aromatic heterocycles. The molecule has 0 unspecified atom stereocenters. The highest BCUT2D eigenvalue weighted by Gasteiger charge is 2.38. The fourth-order valence-electron chi connectivity index (χ4n) is 3.42. The van der Waals surface area contributed by atoms with E-state index in [0.29, 0.717) is 28.2 Å². The fraction of sp³-hybridized carbons (Fsp3) is 0.200. The van der Waals surface area contributed by atoms with Crippen molar-refractivity contribution in [2.75, 3.05) is 17.4 Å². The van der Waals surface area contributed by atoms with Gasteiger partial charge in [0.2, 0.25) is 5.91 Å². The number of fused-ring (bicyclic) bond motifs is 1. The molecule has 2 aliphatic heterocycles. The van der Waals surface area contributed by atoms with Crippen molar-refractivity contribution in [1.29, 1.82) is 5.26 Å². The molecule has 1 amide bonds. The maximum absolute atomic E-state index is 12.9. The zero-order chi connectivity index (χ0) is 19.0. The number of hydrogen-bond acceptors (Lipinski definition) is 4. The molecule has 2 aromatic rings. The molecule has 0 radical (unpaired) electrons. The number of amides is 1. The van der Waals surface area contributed by atoms with E-state index in [9.17, 15) is 10.1 Å². The molecule has 1 atom stereocenters. The van der Waals surface area contributed by atoms with Gasteiger partial charge >= 0.3 is 0 Å². The Morgan fingerprint density at radius 3 is 2.70 bits per heavy atom. The topological polar surface area (TPSA) is 47.3 Å². The molecule has 0 aliphatic carbocycles. The van der Waals surface area contributed by atoms with Gasteiger partial charge in [0.05, 0.1) is 29.2 Å². The molecular formula is C20H15Cl2N3OS. The molecule has 4 rings (SSSR count). The molecule has 0 saturated carbocycles. The van der Waals surface area contributed by atoms with Crippen LogP contribution in [0.2, 0.25) is 10.0 Å². The van der Waals surface area contributed by atoms with Gasteiger partial charge in [-0.15, -0.1) is 0 Å². The highest BCUT2D eigenvalue weighted by molar-refractivity contribution is 8.03. The Balaban J connectivity index is 1.69. The Labute approximate surface area is 172 Å². The molecule has 1 saturated heterocycles. The van der Waals surface area contributed by atoms with Crippen LogP contribution in [0.25, 0.3) is 0 Å². The highest BCUT2D eigenvalue weighted by atomic mass is 35.5. The van der Waals surface area contributed by atoms with Crippen molar-refractivity contribution in [2.45, 2.75) is 12.3 Å². The van der Waals surface area contributed by atoms with Crippen molar-refractivity contribution in [2.24, 2.45) is 0 Å². The first-order valence-electron chi connectivity index (χ1n) is 8.41. The van der Waals surface area contributed by atoms with Gasteiger partial charge in [-0.2, -0.15) is 5.26 Å². The van der Waals surface area contributed by atoms with Gasteiger partial charge in [0.1, 0.15) is 0 Å². The minimum Gasteiger partial charge on any atom is -0.344 e. The lowest BCUT2D eigenvalue weighted by atomic mass is 9.86. The number of allylic oxidation sites excluding steroid dienone is 1. The minimum absolute atomic E-state index is 0.00634. The fourth-order valence-corrected chi connectivity index (χ4v) is 5.04. The summed E-state index contributed by atoms with van der Waals surface area (Å²) in [5, 5.41) is 11.8. The van der Waals surface area contributed by atoms with Crippen LogP contribution >= 0.6 is 35.0 Å². The monoisotopic (exact) mass is 415 g/mol. The van der Waals surface area contributed by atoms with Crippen LogP contribution < -0.4 is 4.90 Å². The summed E-state index contributed by atoms with van der Waals surface area (Å²) in [5.74, 6) is 0.334. The van der Waals surface area contributed by atoms with Crippen molar-refractivity contribution in [1.82, 2.24) is 4.90 Å². The summed E-state index contributed by atoms with van der Waals surface area (Å²) in [6.07, 6.45) is 0.236. The van der Waals surface area contributed by atoms with Gasteiger partial charge in [0, 0.05) is 28.1 Å². The second-order valence-corrected chi connectivity index (χ2v) is 8.14. The van der Waals surface area contributed by atoms with Crippen molar-refractivity contribution in [3.8, 4) is 6.07 Å². The van der Waals surface area contributed by atoms with Crippen molar-refractivity contribution >= 4 is 46.6 Å². The van der Waals surface area contributed by atoms with Crippen LogP contribution in [0.5, 0.6) is 0 Å². The van der Waals surface area contributed by atoms with E-state index in [0.717, 1.165) is 16.3 Å². The number of halogens is 2. The molecule has 0 N–H and O–H groups in total. The Kier molecular flexibility index (Phi) is 5.05. The van der Waals surface area contributed by atoms with E-state index in [1.54, 1.807) is 11.0 Å². The van der Waals surface area contributed by atoms with Gasteiger partial charge in [-0.05, 0) is 29.8 Å². The summed E-state index contributed by atoms with van der Waals surface area (Å²) in [6, 6.07) is 17.3. The van der Waals surface area contributed by atoms with E-state index in [1.807, 2.05) is 42.5 Å². The molecular weight excluding hydrogens is 401 g/mol. The van der Waals surface area contributed by atoms with Gasteiger partial charge < -0.3 is 4.90 Å². The number of thioether (sulfide) groups is 1. The van der Waals surface area contributed by atoms with Crippen LogP contribution in [0.3, 0.4) is 0 Å². The molecule has 2 aromatic carbocycles.